The van der Waals surface area contributed by atoms with Crippen molar-refractivity contribution >= 4 is 114 Å². The largest absolute Gasteiger partial charge is 0.496 e. The number of fused-ring (bicyclic) bond motifs is 3. The number of nitrogens with two attached hydrogens (primary N) is 4. The number of methoxy groups -OCH3 is 10. The van der Waals surface area contributed by atoms with Crippen LogP contribution in [0.4, 0.5) is 29.2 Å². The van der Waals surface area contributed by atoms with E-state index in [4.69, 9.17) is 115 Å². The normalized spacial score (nSPS) is 15.1. The number of carbonyl (C=O) groups excluding carboxylic acids is 3. The van der Waals surface area contributed by atoms with E-state index < -0.39 is 12.1 Å². The van der Waals surface area contributed by atoms with Gasteiger partial charge >= 0.3 is 0 Å². The molecule has 0 saturated carbocycles. The molecule has 3 amide bonds. The quantitative estimate of drug-likeness (QED) is 0.0324. The number of imidazole rings is 2. The van der Waals surface area contributed by atoms with Crippen molar-refractivity contribution in [3.63, 3.8) is 0 Å². The predicted molar refractivity (Wildman–Crippen MR) is 393 cm³/mol. The molecule has 0 unspecified atom stereocenters. The van der Waals surface area contributed by atoms with Gasteiger partial charge in [0.1, 0.15) is 53.1 Å². The van der Waals surface area contributed by atoms with E-state index in [1.165, 1.54) is 0 Å². The first-order valence-electron chi connectivity index (χ1n) is 32.0. The Balaban J connectivity index is 0.000000162. The van der Waals surface area contributed by atoms with Crippen LogP contribution < -0.4 is 90.7 Å². The lowest BCUT2D eigenvalue weighted by Gasteiger charge is -2.25. The fourth-order valence-electron chi connectivity index (χ4n) is 11.8. The van der Waals surface area contributed by atoms with Crippen molar-refractivity contribution in [2.24, 2.45) is 17.2 Å². The zero-order chi connectivity index (χ0) is 74.3. The van der Waals surface area contributed by atoms with Crippen molar-refractivity contribution in [3.05, 3.63) is 113 Å². The minimum absolute atomic E-state index is 0.0463. The third kappa shape index (κ3) is 17.7. The Morgan fingerprint density at radius 1 is 0.485 bits per heavy atom. The number of nitrogens with one attached hydrogen (secondary N) is 2. The van der Waals surface area contributed by atoms with Crippen LogP contribution in [0.15, 0.2) is 85.7 Å². The summed E-state index contributed by atoms with van der Waals surface area (Å²) in [7, 11) is 15.7. The third-order valence-electron chi connectivity index (χ3n) is 17.1. The van der Waals surface area contributed by atoms with Gasteiger partial charge in [-0.05, 0) is 118 Å². The minimum atomic E-state index is -0.451. The summed E-state index contributed by atoms with van der Waals surface area (Å²) in [6.07, 6.45) is 12.0. The van der Waals surface area contributed by atoms with Crippen LogP contribution in [0, 0.1) is 13.8 Å². The summed E-state index contributed by atoms with van der Waals surface area (Å²) in [4.78, 5) is 72.5. The van der Waals surface area contributed by atoms with Gasteiger partial charge in [0.2, 0.25) is 40.0 Å². The van der Waals surface area contributed by atoms with Crippen molar-refractivity contribution in [3.8, 4) is 68.9 Å². The van der Waals surface area contributed by atoms with Crippen LogP contribution in [0.2, 0.25) is 15.7 Å². The number of halogens is 3. The number of carbonyl (C=O) groups is 3. The molecule has 3 atom stereocenters. The third-order valence-corrected chi connectivity index (χ3v) is 17.7. The van der Waals surface area contributed by atoms with Crippen LogP contribution in [0.25, 0.3) is 44.1 Å². The summed E-state index contributed by atoms with van der Waals surface area (Å²) in [6, 6.07) is 17.4. The summed E-state index contributed by atoms with van der Waals surface area (Å²) < 4.78 is 57.0. The molecule has 3 aliphatic heterocycles. The second-order valence-corrected chi connectivity index (χ2v) is 24.2. The number of anilines is 5. The lowest BCUT2D eigenvalue weighted by Crippen LogP contribution is -2.41. The molecule has 0 aliphatic carbocycles. The summed E-state index contributed by atoms with van der Waals surface area (Å²) in [5.41, 5.74) is 27.6. The highest BCUT2D eigenvalue weighted by molar-refractivity contribution is 6.35. The van der Waals surface area contributed by atoms with E-state index in [1.807, 2.05) is 58.7 Å². The highest BCUT2D eigenvalue weighted by Gasteiger charge is 2.34. The molecule has 13 rings (SSSR count). The van der Waals surface area contributed by atoms with Crippen molar-refractivity contribution in [2.75, 3.05) is 112 Å². The monoisotopic (exact) mass is 1470 g/mol. The van der Waals surface area contributed by atoms with Gasteiger partial charge < -0.3 is 99.9 Å². The highest BCUT2D eigenvalue weighted by atomic mass is 35.5. The molecule has 3 saturated heterocycles. The van der Waals surface area contributed by atoms with Crippen LogP contribution >= 0.6 is 34.8 Å². The van der Waals surface area contributed by atoms with E-state index in [9.17, 15) is 14.4 Å². The first-order valence-corrected chi connectivity index (χ1v) is 33.1. The van der Waals surface area contributed by atoms with Crippen LogP contribution in [0.1, 0.15) is 49.7 Å². The highest BCUT2D eigenvalue weighted by Crippen LogP contribution is 2.42. The van der Waals surface area contributed by atoms with Crippen molar-refractivity contribution in [1.29, 1.82) is 0 Å². The summed E-state index contributed by atoms with van der Waals surface area (Å²) in [5.74, 6) is 7.40. The summed E-state index contributed by atoms with van der Waals surface area (Å²) >= 11 is 17.7. The summed E-state index contributed by atoms with van der Waals surface area (Å²) in [5, 5.41) is 8.83. The average molecular weight is 1480 g/mol. The molecule has 3 fully saturated rings. The van der Waals surface area contributed by atoms with Crippen LogP contribution in [-0.2, 0) is 14.4 Å². The SMILES string of the molecule is COc1cc(-n2cnc(N)c2)cc(OC)c1OC.COc1cc2nc(Cl)nc(Cl)c2cc1OC.COc1cc2nc(Cl)nc(N3CCC[C@H]3C(N)=O)c2cc1OC.COc1cc2nc(Nc3cn(-c4cc(C)c(C)c(OC)c4)cn3)nc(N3CCC[C@H]3C(N)=O)c2cc1OC.NC(=O)[C@@H]1CCCN1. The molecule has 0 radical (unpaired) electrons. The molecule has 103 heavy (non-hydrogen) atoms. The number of nitrogens with zero attached hydrogens (tertiary/aromatic N) is 12. The van der Waals surface area contributed by atoms with Gasteiger partial charge in [0.25, 0.3) is 0 Å². The number of primary amides is 3. The molecule has 0 spiro atoms. The van der Waals surface area contributed by atoms with Gasteiger partial charge in [-0.3, -0.25) is 14.4 Å². The molecule has 31 nitrogen and oxygen atoms in total. The fourth-order valence-corrected chi connectivity index (χ4v) is 12.4. The topological polar surface area (TPSA) is 391 Å². The van der Waals surface area contributed by atoms with Crippen molar-refractivity contribution in [1.82, 2.24) is 54.3 Å². The van der Waals surface area contributed by atoms with E-state index >= 15 is 0 Å². The fraction of sp³-hybridized carbons (Fsp3) is 0.348. The maximum atomic E-state index is 12.2. The van der Waals surface area contributed by atoms with Crippen molar-refractivity contribution < 1.29 is 61.8 Å². The Morgan fingerprint density at radius 2 is 0.932 bits per heavy atom. The van der Waals surface area contributed by atoms with E-state index in [0.29, 0.717) is 129 Å². The molecule has 10 N–H and O–H groups in total. The molecule has 10 aromatic rings. The Bertz CT molecular complexity index is 4670. The average Bonchev–Trinajstić information content (AvgIpc) is 1.78. The van der Waals surface area contributed by atoms with Gasteiger partial charge in [-0.25, -0.2) is 29.9 Å². The van der Waals surface area contributed by atoms with Gasteiger partial charge in [-0.2, -0.15) is 9.97 Å². The first-order chi connectivity index (χ1) is 49.5. The maximum absolute atomic E-state index is 12.2. The van der Waals surface area contributed by atoms with E-state index in [0.717, 1.165) is 71.3 Å². The smallest absolute Gasteiger partial charge is 0.240 e. The molecular weight excluding hydrogens is 1400 g/mol. The molecule has 5 aromatic carbocycles. The van der Waals surface area contributed by atoms with Gasteiger partial charge in [0.05, 0.1) is 117 Å². The number of nitrogen functional groups attached to an aromatic ring is 1. The van der Waals surface area contributed by atoms with E-state index in [1.54, 1.807) is 125 Å². The van der Waals surface area contributed by atoms with E-state index in [-0.39, 0.29) is 39.5 Å². The molecule has 8 heterocycles. The van der Waals surface area contributed by atoms with E-state index in [2.05, 4.69) is 46.6 Å². The lowest BCUT2D eigenvalue weighted by molar-refractivity contribution is -0.120. The van der Waals surface area contributed by atoms with Crippen LogP contribution in [0.5, 0.6) is 57.5 Å². The number of aryl methyl sites for hydroxylation is 1. The molecule has 34 heteroatoms. The molecule has 0 bridgehead atoms. The van der Waals surface area contributed by atoms with Gasteiger partial charge in [-0.15, -0.1) is 0 Å². The number of hydrogen-bond acceptors (Lipinski definition) is 26. The molecule has 546 valence electrons. The zero-order valence-electron chi connectivity index (χ0n) is 58.8. The van der Waals surface area contributed by atoms with Crippen LogP contribution in [0.3, 0.4) is 0 Å². The molecule has 3 aliphatic rings. The molecule has 5 aromatic heterocycles. The van der Waals surface area contributed by atoms with Crippen LogP contribution in [-0.4, -0.2) is 176 Å². The predicted octanol–water partition coefficient (Wildman–Crippen LogP) is 9.07. The second kappa shape index (κ2) is 34.6. The second-order valence-electron chi connectivity index (χ2n) is 23.2. The number of hydrogen-bond donors (Lipinski definition) is 6. The summed E-state index contributed by atoms with van der Waals surface area (Å²) in [6.45, 7) is 6.35. The standard InChI is InChI=1S/C27H31N7O4.C15H17ClN4O3.C12H15N3O3.C10H8Cl2N2O2.C5H10N2O/c1-15-9-17(10-21(36-3)16(15)2)33-13-24(29-14-33)31-27-30-19-12-23(38-5)22(37-4)11-18(19)26(32-27)34-8-6-7-20(34)25(28)35;1-22-11-6-8-9(7-12(11)23-2)18-15(16)19-14(8)20-5-3-4-10(20)13(17)21;1-16-9-4-8(15-6-11(13)14-7-15)5-10(17-2)12(9)18-3;1-15-7-3-5-6(4-8(7)16-2)13-10(12)14-9(5)11;6-5(8)4-2-1-3-7-4/h9-14,20H,6-8H2,1-5H3,(H2,28,35)(H,30,31,32);6-7,10H,3-5H2,1-2H3,(H2,17,21);4-7H,13H2,1-3H3;3-4H,1-2H3;4,7H,1-3H2,(H2,6,8)/t20-;10-;;;4-/m00..0/s1. The lowest BCUT2D eigenvalue weighted by atomic mass is 10.1. The molecular formula is C69H81Cl3N18O13. The van der Waals surface area contributed by atoms with Crippen molar-refractivity contribution in [2.45, 2.75) is 70.5 Å². The Labute approximate surface area is 608 Å². The number of aromatic nitrogens is 10. The zero-order valence-corrected chi connectivity index (χ0v) is 61.1. The Hall–Kier alpha value is -11.0. The first kappa shape index (κ1) is 76.2. The Morgan fingerprint density at radius 3 is 1.39 bits per heavy atom. The number of rotatable bonds is 19. The number of ether oxygens (including phenoxy) is 10. The van der Waals surface area contributed by atoms with Gasteiger partial charge in [0.15, 0.2) is 51.8 Å². The maximum Gasteiger partial charge on any atom is 0.240 e. The number of amides is 3. The number of benzene rings is 5. The Kier molecular flexibility index (Phi) is 25.6. The minimum Gasteiger partial charge on any atom is -0.496 e. The van der Waals surface area contributed by atoms with Gasteiger partial charge in [-0.1, -0.05) is 11.6 Å². The van der Waals surface area contributed by atoms with Gasteiger partial charge in [0, 0.05) is 65.6 Å².